The van der Waals surface area contributed by atoms with Crippen LogP contribution in [0.2, 0.25) is 0 Å². The van der Waals surface area contributed by atoms with Crippen LogP contribution in [0.5, 0.6) is 0 Å². The topological polar surface area (TPSA) is 56.0 Å². The maximum atomic E-state index is 4.97. The van der Waals surface area contributed by atoms with Crippen molar-refractivity contribution < 1.29 is 0 Å². The van der Waals surface area contributed by atoms with Gasteiger partial charge in [0, 0.05) is 39.2 Å². The van der Waals surface area contributed by atoms with E-state index in [1.807, 2.05) is 0 Å². The quantitative estimate of drug-likeness (QED) is 0.678. The highest BCUT2D eigenvalue weighted by Gasteiger charge is 2.30. The molecule has 4 aliphatic rings. The Bertz CT molecular complexity index is 1160. The van der Waals surface area contributed by atoms with Crippen molar-refractivity contribution in [3.05, 3.63) is 75.0 Å². The van der Waals surface area contributed by atoms with Gasteiger partial charge < -0.3 is 15.3 Å². The predicted octanol–water partition coefficient (Wildman–Crippen LogP) is 2.49. The molecule has 2 aromatic heterocycles. The van der Waals surface area contributed by atoms with Crippen LogP contribution in [-0.4, -0.2) is 21.7 Å². The van der Waals surface area contributed by atoms with Gasteiger partial charge in [0.15, 0.2) is 0 Å². The van der Waals surface area contributed by atoms with Crippen LogP contribution in [0.25, 0.3) is 18.2 Å². The molecule has 4 nitrogen and oxygen atoms in total. The van der Waals surface area contributed by atoms with Crippen molar-refractivity contribution in [3.63, 3.8) is 0 Å². The van der Waals surface area contributed by atoms with Crippen molar-refractivity contribution in [2.75, 3.05) is 0 Å². The Balaban J connectivity index is 1.56. The fraction of sp³-hybridized carbons (Fsp3) is 0.227. The summed E-state index contributed by atoms with van der Waals surface area (Å²) in [5, 5.41) is 5.97. The average molecular weight is 340 g/mol. The number of aliphatic imine (C=N–C) groups is 1. The Labute approximate surface area is 151 Å². The van der Waals surface area contributed by atoms with E-state index < -0.39 is 0 Å². The second-order valence-corrected chi connectivity index (χ2v) is 7.46. The minimum atomic E-state index is 0.254. The van der Waals surface area contributed by atoms with E-state index in [0.717, 1.165) is 47.8 Å². The molecule has 8 bridgehead atoms. The number of nitrogens with zero attached hydrogens (tertiary/aromatic N) is 1. The van der Waals surface area contributed by atoms with Crippen molar-refractivity contribution in [1.29, 1.82) is 0 Å². The second kappa shape index (κ2) is 5.24. The first-order chi connectivity index (χ1) is 12.8. The lowest BCUT2D eigenvalue weighted by atomic mass is 10.1. The summed E-state index contributed by atoms with van der Waals surface area (Å²) in [6.45, 7) is 0. The van der Waals surface area contributed by atoms with E-state index >= 15 is 0 Å². The number of aromatic amines is 2. The molecule has 6 rings (SSSR count). The molecule has 5 heterocycles. The van der Waals surface area contributed by atoms with E-state index in [1.54, 1.807) is 0 Å². The molecule has 0 saturated carbocycles. The molecule has 3 aliphatic heterocycles. The molecule has 0 spiro atoms. The van der Waals surface area contributed by atoms with Crippen LogP contribution in [0.3, 0.4) is 0 Å². The number of rotatable bonds is 0. The molecule has 3 N–H and O–H groups in total. The third-order valence-electron chi connectivity index (χ3n) is 5.66. The Hall–Kier alpha value is -3.01. The van der Waals surface area contributed by atoms with Gasteiger partial charge in [0.2, 0.25) is 0 Å². The van der Waals surface area contributed by atoms with Gasteiger partial charge in [0.25, 0.3) is 0 Å². The fourth-order valence-corrected chi connectivity index (χ4v) is 4.46. The first-order valence-electron chi connectivity index (χ1n) is 9.37. The van der Waals surface area contributed by atoms with Gasteiger partial charge in [0.05, 0.1) is 6.04 Å². The summed E-state index contributed by atoms with van der Waals surface area (Å²) in [6.07, 6.45) is 13.3. The van der Waals surface area contributed by atoms with Crippen LogP contribution < -0.4 is 16.0 Å². The van der Waals surface area contributed by atoms with E-state index in [-0.39, 0.29) is 6.04 Å². The highest BCUT2D eigenvalue weighted by atomic mass is 15.0. The Morgan fingerprint density at radius 1 is 0.808 bits per heavy atom. The van der Waals surface area contributed by atoms with Gasteiger partial charge in [-0.25, -0.2) is 0 Å². The number of hydrogen-bond acceptors (Lipinski definition) is 2. The van der Waals surface area contributed by atoms with Gasteiger partial charge in [-0.15, -0.1) is 0 Å². The first-order valence-corrected chi connectivity index (χ1v) is 9.37. The lowest BCUT2D eigenvalue weighted by Crippen LogP contribution is -2.23. The molecule has 1 atom stereocenters. The molecular formula is C22H20N4. The number of H-pyrrole nitrogens is 2. The number of allylic oxidation sites excluding steroid dienone is 3. The lowest BCUT2D eigenvalue weighted by molar-refractivity contribution is 0.867. The van der Waals surface area contributed by atoms with Gasteiger partial charge in [-0.1, -0.05) is 6.08 Å². The molecule has 26 heavy (non-hydrogen) atoms. The molecule has 0 amide bonds. The standard InChI is InChI=1S/C22H20N4/c1-7-20-21-8-6-18(25-21)11-16-3-2-14(23-16)10-15-4-5-17(24-15)12-19-9-13(1)22(20)26-19/h2-5,9-12,19,23-24,26H,1,6-8H2. The number of fused-ring (bicyclic) bond motifs is 7. The first kappa shape index (κ1) is 14.2. The Morgan fingerprint density at radius 3 is 2.65 bits per heavy atom. The number of nitrogens with one attached hydrogen (secondary N) is 3. The van der Waals surface area contributed by atoms with Crippen LogP contribution in [0.1, 0.15) is 37.1 Å². The van der Waals surface area contributed by atoms with Gasteiger partial charge in [-0.05, 0) is 79.3 Å². The van der Waals surface area contributed by atoms with Crippen LogP contribution >= 0.6 is 0 Å². The monoisotopic (exact) mass is 340 g/mol. The zero-order valence-electron chi connectivity index (χ0n) is 14.5. The van der Waals surface area contributed by atoms with Gasteiger partial charge in [-0.2, -0.15) is 0 Å². The molecule has 128 valence electrons. The summed E-state index contributed by atoms with van der Waals surface area (Å²) in [6, 6.07) is 8.77. The van der Waals surface area contributed by atoms with E-state index in [0.29, 0.717) is 0 Å². The maximum absolute atomic E-state index is 4.97. The van der Waals surface area contributed by atoms with Crippen LogP contribution in [0, 0.1) is 0 Å². The largest absolute Gasteiger partial charge is 0.375 e. The van der Waals surface area contributed by atoms with Crippen molar-refractivity contribution in [1.82, 2.24) is 15.3 Å². The summed E-state index contributed by atoms with van der Waals surface area (Å²) in [7, 11) is 0. The normalized spacial score (nSPS) is 23.1. The molecule has 2 aromatic rings. The highest BCUT2D eigenvalue weighted by Crippen LogP contribution is 2.38. The summed E-state index contributed by atoms with van der Waals surface area (Å²) in [5.41, 5.74) is 8.88. The molecule has 0 radical (unpaired) electrons. The van der Waals surface area contributed by atoms with E-state index in [4.69, 9.17) is 4.99 Å². The van der Waals surface area contributed by atoms with Gasteiger partial charge >= 0.3 is 0 Å². The lowest BCUT2D eigenvalue weighted by Gasteiger charge is -2.09. The second-order valence-electron chi connectivity index (χ2n) is 7.46. The van der Waals surface area contributed by atoms with Gasteiger partial charge in [0.1, 0.15) is 0 Å². The maximum Gasteiger partial charge on any atom is 0.0658 e. The number of hydrogen-bond donors (Lipinski definition) is 3. The molecule has 1 unspecified atom stereocenters. The molecule has 4 heteroatoms. The van der Waals surface area contributed by atoms with E-state index in [1.165, 1.54) is 28.3 Å². The fourth-order valence-electron chi connectivity index (χ4n) is 4.46. The summed E-state index contributed by atoms with van der Waals surface area (Å²) in [5.74, 6) is 0. The van der Waals surface area contributed by atoms with Crippen molar-refractivity contribution in [2.45, 2.75) is 31.7 Å². The molecule has 0 fully saturated rings. The van der Waals surface area contributed by atoms with Crippen LogP contribution in [-0.2, 0) is 0 Å². The van der Waals surface area contributed by atoms with Crippen molar-refractivity contribution in [3.8, 4) is 0 Å². The minimum absolute atomic E-state index is 0.254. The summed E-state index contributed by atoms with van der Waals surface area (Å²) < 4.78 is 0. The third kappa shape index (κ3) is 2.25. The predicted molar refractivity (Wildman–Crippen MR) is 105 cm³/mol. The van der Waals surface area contributed by atoms with Gasteiger partial charge in [-0.3, -0.25) is 4.99 Å². The minimum Gasteiger partial charge on any atom is -0.375 e. The Morgan fingerprint density at radius 2 is 1.69 bits per heavy atom. The van der Waals surface area contributed by atoms with Crippen molar-refractivity contribution >= 4 is 23.9 Å². The smallest absolute Gasteiger partial charge is 0.0658 e. The number of aromatic nitrogens is 2. The molecule has 0 saturated heterocycles. The molecular weight excluding hydrogens is 320 g/mol. The van der Waals surface area contributed by atoms with Crippen LogP contribution in [0.4, 0.5) is 0 Å². The van der Waals surface area contributed by atoms with E-state index in [2.05, 4.69) is 63.9 Å². The Kier molecular flexibility index (Phi) is 2.86. The summed E-state index contributed by atoms with van der Waals surface area (Å²) in [4.78, 5) is 11.9. The zero-order chi connectivity index (χ0) is 17.1. The van der Waals surface area contributed by atoms with Crippen molar-refractivity contribution in [2.24, 2.45) is 4.99 Å². The molecule has 0 aromatic carbocycles. The molecule has 1 aliphatic carbocycles. The SMILES string of the molecule is C1=C2CCC(=N2)C2=C3NC(C=C3CC2)C=c2ccc([nH]2)=Cc2ccc1[nH]2. The third-order valence-corrected chi connectivity index (χ3v) is 5.66. The summed E-state index contributed by atoms with van der Waals surface area (Å²) >= 11 is 0. The van der Waals surface area contributed by atoms with E-state index in [9.17, 15) is 0 Å². The van der Waals surface area contributed by atoms with Crippen LogP contribution in [0.15, 0.2) is 57.9 Å². The average Bonchev–Trinajstić information content (AvgIpc) is 3.38. The zero-order valence-corrected chi connectivity index (χ0v) is 14.5. The highest BCUT2D eigenvalue weighted by molar-refractivity contribution is 6.04.